The Morgan fingerprint density at radius 2 is 1.71 bits per heavy atom. The summed E-state index contributed by atoms with van der Waals surface area (Å²) in [5.41, 5.74) is 7.93. The standard InChI is InChI=1S/C14H10FNO/c15-11-3-6-13-10(7-11)8-14(17-13)9-1-4-12(16)5-2-9/h1-8H,16H2. The maximum absolute atomic E-state index is 13.0. The third-order valence-corrected chi connectivity index (χ3v) is 2.67. The number of halogens is 1. The summed E-state index contributed by atoms with van der Waals surface area (Å²) in [4.78, 5) is 0. The predicted octanol–water partition coefficient (Wildman–Crippen LogP) is 3.82. The fraction of sp³-hybridized carbons (Fsp3) is 0. The minimum absolute atomic E-state index is 0.262. The van der Waals surface area contributed by atoms with Crippen molar-refractivity contribution in [2.24, 2.45) is 0 Å². The van der Waals surface area contributed by atoms with Crippen molar-refractivity contribution < 1.29 is 8.81 Å². The molecule has 17 heavy (non-hydrogen) atoms. The van der Waals surface area contributed by atoms with Gasteiger partial charge >= 0.3 is 0 Å². The van der Waals surface area contributed by atoms with Crippen molar-refractivity contribution in [1.29, 1.82) is 0 Å². The molecule has 0 bridgehead atoms. The molecule has 0 radical (unpaired) electrons. The molecule has 0 aliphatic heterocycles. The topological polar surface area (TPSA) is 39.2 Å². The summed E-state index contributed by atoms with van der Waals surface area (Å²) in [6.45, 7) is 0. The number of furan rings is 1. The molecule has 2 nitrogen and oxygen atoms in total. The third-order valence-electron chi connectivity index (χ3n) is 2.67. The molecule has 1 heterocycles. The van der Waals surface area contributed by atoms with Gasteiger partial charge in [-0.05, 0) is 48.5 Å². The molecule has 2 N–H and O–H groups in total. The van der Waals surface area contributed by atoms with Crippen molar-refractivity contribution in [3.8, 4) is 11.3 Å². The van der Waals surface area contributed by atoms with Crippen molar-refractivity contribution in [1.82, 2.24) is 0 Å². The summed E-state index contributed by atoms with van der Waals surface area (Å²) in [6.07, 6.45) is 0. The fourth-order valence-corrected chi connectivity index (χ4v) is 1.80. The van der Waals surface area contributed by atoms with E-state index in [4.69, 9.17) is 10.2 Å². The first-order valence-electron chi connectivity index (χ1n) is 5.27. The van der Waals surface area contributed by atoms with Crippen LogP contribution in [0.25, 0.3) is 22.3 Å². The first kappa shape index (κ1) is 9.90. The smallest absolute Gasteiger partial charge is 0.135 e. The van der Waals surface area contributed by atoms with Crippen LogP contribution in [0.1, 0.15) is 0 Å². The van der Waals surface area contributed by atoms with Crippen LogP contribution in [0.15, 0.2) is 52.9 Å². The van der Waals surface area contributed by atoms with E-state index in [0.29, 0.717) is 17.0 Å². The molecule has 3 heteroatoms. The van der Waals surface area contributed by atoms with Gasteiger partial charge in [-0.2, -0.15) is 0 Å². The second-order valence-electron chi connectivity index (χ2n) is 3.91. The molecule has 0 spiro atoms. The molecule has 0 atom stereocenters. The maximum Gasteiger partial charge on any atom is 0.135 e. The molecule has 0 aliphatic carbocycles. The Morgan fingerprint density at radius 1 is 0.941 bits per heavy atom. The molecule has 0 amide bonds. The van der Waals surface area contributed by atoms with Crippen LogP contribution in [0.3, 0.4) is 0 Å². The van der Waals surface area contributed by atoms with E-state index in [9.17, 15) is 4.39 Å². The highest BCUT2D eigenvalue weighted by molar-refractivity contribution is 5.83. The van der Waals surface area contributed by atoms with Crippen molar-refractivity contribution in [2.75, 3.05) is 5.73 Å². The minimum Gasteiger partial charge on any atom is -0.456 e. The van der Waals surface area contributed by atoms with Gasteiger partial charge in [0.05, 0.1) is 0 Å². The largest absolute Gasteiger partial charge is 0.456 e. The van der Waals surface area contributed by atoms with Gasteiger partial charge < -0.3 is 10.2 Å². The molecule has 3 aromatic rings. The Labute approximate surface area is 97.5 Å². The predicted molar refractivity (Wildman–Crippen MR) is 66.0 cm³/mol. The summed E-state index contributed by atoms with van der Waals surface area (Å²) >= 11 is 0. The van der Waals surface area contributed by atoms with E-state index in [0.717, 1.165) is 10.9 Å². The molecule has 3 rings (SSSR count). The summed E-state index contributed by atoms with van der Waals surface area (Å²) in [7, 11) is 0. The summed E-state index contributed by atoms with van der Waals surface area (Å²) in [5.74, 6) is 0.452. The maximum atomic E-state index is 13.0. The average Bonchev–Trinajstić information content (AvgIpc) is 2.72. The monoisotopic (exact) mass is 227 g/mol. The van der Waals surface area contributed by atoms with E-state index in [-0.39, 0.29) is 5.82 Å². The second-order valence-corrected chi connectivity index (χ2v) is 3.91. The Hall–Kier alpha value is -2.29. The lowest BCUT2D eigenvalue weighted by atomic mass is 10.1. The zero-order valence-electron chi connectivity index (χ0n) is 8.98. The van der Waals surface area contributed by atoms with Crippen molar-refractivity contribution in [2.45, 2.75) is 0 Å². The van der Waals surface area contributed by atoms with Gasteiger partial charge in [-0.15, -0.1) is 0 Å². The van der Waals surface area contributed by atoms with E-state index < -0.39 is 0 Å². The van der Waals surface area contributed by atoms with Crippen LogP contribution >= 0.6 is 0 Å². The first-order chi connectivity index (χ1) is 8.22. The van der Waals surface area contributed by atoms with Crippen LogP contribution in [0, 0.1) is 5.82 Å². The van der Waals surface area contributed by atoms with Crippen LogP contribution < -0.4 is 5.73 Å². The summed E-state index contributed by atoms with van der Waals surface area (Å²) in [6, 6.07) is 13.7. The van der Waals surface area contributed by atoms with Gasteiger partial charge in [0, 0.05) is 16.6 Å². The Bertz CT molecular complexity index is 670. The normalized spacial score (nSPS) is 10.9. The van der Waals surface area contributed by atoms with Crippen LogP contribution in [0.4, 0.5) is 10.1 Å². The molecular formula is C14H10FNO. The zero-order valence-corrected chi connectivity index (χ0v) is 8.98. The van der Waals surface area contributed by atoms with Gasteiger partial charge in [0.2, 0.25) is 0 Å². The lowest BCUT2D eigenvalue weighted by Gasteiger charge is -1.96. The van der Waals surface area contributed by atoms with E-state index >= 15 is 0 Å². The Morgan fingerprint density at radius 3 is 2.47 bits per heavy atom. The zero-order chi connectivity index (χ0) is 11.8. The molecule has 2 aromatic carbocycles. The van der Waals surface area contributed by atoms with Crippen LogP contribution in [-0.4, -0.2) is 0 Å². The minimum atomic E-state index is -0.262. The molecule has 1 aromatic heterocycles. The second kappa shape index (κ2) is 3.63. The average molecular weight is 227 g/mol. The van der Waals surface area contributed by atoms with Gasteiger partial charge in [-0.25, -0.2) is 4.39 Å². The highest BCUT2D eigenvalue weighted by atomic mass is 19.1. The number of anilines is 1. The number of hydrogen-bond acceptors (Lipinski definition) is 2. The van der Waals surface area contributed by atoms with E-state index in [1.807, 2.05) is 30.3 Å². The lowest BCUT2D eigenvalue weighted by molar-refractivity contribution is 0.619. The summed E-state index contributed by atoms with van der Waals surface area (Å²) in [5, 5.41) is 0.761. The highest BCUT2D eigenvalue weighted by Gasteiger charge is 2.06. The van der Waals surface area contributed by atoms with Gasteiger partial charge in [0.1, 0.15) is 17.2 Å². The Balaban J connectivity index is 2.14. The molecular weight excluding hydrogens is 217 g/mol. The number of hydrogen-bond donors (Lipinski definition) is 1. The quantitative estimate of drug-likeness (QED) is 0.642. The number of rotatable bonds is 1. The SMILES string of the molecule is Nc1ccc(-c2cc3cc(F)ccc3o2)cc1. The van der Waals surface area contributed by atoms with Crippen molar-refractivity contribution in [3.63, 3.8) is 0 Å². The van der Waals surface area contributed by atoms with Crippen LogP contribution in [0.5, 0.6) is 0 Å². The first-order valence-corrected chi connectivity index (χ1v) is 5.27. The van der Waals surface area contributed by atoms with Gasteiger partial charge in [0.25, 0.3) is 0 Å². The van der Waals surface area contributed by atoms with Crippen LogP contribution in [-0.2, 0) is 0 Å². The fourth-order valence-electron chi connectivity index (χ4n) is 1.80. The molecule has 0 unspecified atom stereocenters. The summed E-state index contributed by atoms with van der Waals surface area (Å²) < 4.78 is 18.7. The van der Waals surface area contributed by atoms with Gasteiger partial charge in [-0.1, -0.05) is 0 Å². The number of nitrogen functional groups attached to an aromatic ring is 1. The molecule has 0 fully saturated rings. The number of fused-ring (bicyclic) bond motifs is 1. The van der Waals surface area contributed by atoms with Crippen molar-refractivity contribution >= 4 is 16.7 Å². The lowest BCUT2D eigenvalue weighted by Crippen LogP contribution is -1.82. The van der Waals surface area contributed by atoms with Gasteiger partial charge in [0.15, 0.2) is 0 Å². The molecule has 0 saturated heterocycles. The number of benzene rings is 2. The molecule has 0 saturated carbocycles. The van der Waals surface area contributed by atoms with E-state index in [2.05, 4.69) is 0 Å². The van der Waals surface area contributed by atoms with E-state index in [1.165, 1.54) is 12.1 Å². The van der Waals surface area contributed by atoms with Gasteiger partial charge in [-0.3, -0.25) is 0 Å². The molecule has 84 valence electrons. The van der Waals surface area contributed by atoms with Crippen molar-refractivity contribution in [3.05, 3.63) is 54.3 Å². The third kappa shape index (κ3) is 1.76. The highest BCUT2D eigenvalue weighted by Crippen LogP contribution is 2.28. The Kier molecular flexibility index (Phi) is 2.11. The molecule has 0 aliphatic rings. The number of nitrogens with two attached hydrogens (primary N) is 1. The van der Waals surface area contributed by atoms with E-state index in [1.54, 1.807) is 6.07 Å². The van der Waals surface area contributed by atoms with Crippen LogP contribution in [0.2, 0.25) is 0 Å².